The second-order valence-electron chi connectivity index (χ2n) is 3.92. The molecule has 0 radical (unpaired) electrons. The van der Waals surface area contributed by atoms with Gasteiger partial charge in [0.2, 0.25) is 0 Å². The molecule has 0 aliphatic heterocycles. The zero-order valence-electron chi connectivity index (χ0n) is 10.3. The Balaban J connectivity index is 3.04. The number of carbonyl (C=O) groups excluding carboxylic acids is 1. The molecule has 0 aliphatic rings. The number of rotatable bonds is 3. The first-order chi connectivity index (χ1) is 7.84. The molecule has 1 amide bonds. The van der Waals surface area contributed by atoms with Crippen molar-refractivity contribution in [1.82, 2.24) is 15.1 Å². The van der Waals surface area contributed by atoms with Gasteiger partial charge in [-0.05, 0) is 26.8 Å². The Kier molecular flexibility index (Phi) is 3.77. The molecule has 17 heavy (non-hydrogen) atoms. The molecule has 1 N–H and O–H groups in total. The SMILES string of the molecule is Cc1cc(C(=O)N(C)C(C)C(=O)O)c(C)nn1. The molecule has 1 rings (SSSR count). The van der Waals surface area contributed by atoms with Crippen molar-refractivity contribution in [2.75, 3.05) is 7.05 Å². The first-order valence-electron chi connectivity index (χ1n) is 5.15. The highest BCUT2D eigenvalue weighted by Gasteiger charge is 2.24. The van der Waals surface area contributed by atoms with Crippen molar-refractivity contribution in [1.29, 1.82) is 0 Å². The van der Waals surface area contributed by atoms with E-state index in [4.69, 9.17) is 5.11 Å². The van der Waals surface area contributed by atoms with Gasteiger partial charge in [-0.15, -0.1) is 0 Å². The summed E-state index contributed by atoms with van der Waals surface area (Å²) in [4.78, 5) is 24.0. The standard InChI is InChI=1S/C11H15N3O3/c1-6-5-9(7(2)13-12-6)10(15)14(4)8(3)11(16)17/h5,8H,1-4H3,(H,16,17). The van der Waals surface area contributed by atoms with Gasteiger partial charge in [0.1, 0.15) is 6.04 Å². The fourth-order valence-electron chi connectivity index (χ4n) is 1.30. The summed E-state index contributed by atoms with van der Waals surface area (Å²) in [5, 5.41) is 16.5. The van der Waals surface area contributed by atoms with Gasteiger partial charge in [-0.1, -0.05) is 0 Å². The van der Waals surface area contributed by atoms with E-state index >= 15 is 0 Å². The number of aliphatic carboxylic acids is 1. The number of aryl methyl sites for hydroxylation is 2. The van der Waals surface area contributed by atoms with Gasteiger partial charge in [0, 0.05) is 7.05 Å². The summed E-state index contributed by atoms with van der Waals surface area (Å²) in [6.45, 7) is 4.85. The number of likely N-dealkylation sites (N-methyl/N-ethyl adjacent to an activating group) is 1. The molecule has 1 aromatic heterocycles. The summed E-state index contributed by atoms with van der Waals surface area (Å²) in [7, 11) is 1.45. The van der Waals surface area contributed by atoms with E-state index in [1.165, 1.54) is 18.9 Å². The van der Waals surface area contributed by atoms with E-state index in [9.17, 15) is 9.59 Å². The highest BCUT2D eigenvalue weighted by molar-refractivity contribution is 5.97. The Morgan fingerprint density at radius 1 is 1.35 bits per heavy atom. The third-order valence-corrected chi connectivity index (χ3v) is 2.59. The molecule has 0 aromatic carbocycles. The first kappa shape index (κ1) is 13.1. The number of aromatic nitrogens is 2. The van der Waals surface area contributed by atoms with Crippen LogP contribution in [0, 0.1) is 13.8 Å². The lowest BCUT2D eigenvalue weighted by Crippen LogP contribution is -2.40. The van der Waals surface area contributed by atoms with Crippen molar-refractivity contribution >= 4 is 11.9 Å². The third-order valence-electron chi connectivity index (χ3n) is 2.59. The van der Waals surface area contributed by atoms with Crippen molar-refractivity contribution in [3.05, 3.63) is 23.0 Å². The van der Waals surface area contributed by atoms with E-state index in [2.05, 4.69) is 10.2 Å². The lowest BCUT2D eigenvalue weighted by molar-refractivity contribution is -0.141. The largest absolute Gasteiger partial charge is 0.480 e. The van der Waals surface area contributed by atoms with Crippen molar-refractivity contribution < 1.29 is 14.7 Å². The Labute approximate surface area is 99.3 Å². The van der Waals surface area contributed by atoms with Gasteiger partial charge >= 0.3 is 5.97 Å². The lowest BCUT2D eigenvalue weighted by Gasteiger charge is -2.22. The number of carbonyl (C=O) groups is 2. The predicted octanol–water partition coefficient (Wildman–Crippen LogP) is 0.639. The van der Waals surface area contributed by atoms with Crippen LogP contribution in [0.2, 0.25) is 0 Å². The van der Waals surface area contributed by atoms with Crippen LogP contribution in [0.1, 0.15) is 28.7 Å². The summed E-state index contributed by atoms with van der Waals surface area (Å²) < 4.78 is 0. The van der Waals surface area contributed by atoms with Gasteiger partial charge < -0.3 is 10.0 Å². The predicted molar refractivity (Wildman–Crippen MR) is 60.7 cm³/mol. The Morgan fingerprint density at radius 2 is 1.94 bits per heavy atom. The molecule has 6 heteroatoms. The minimum absolute atomic E-state index is 0.365. The minimum atomic E-state index is -1.04. The molecule has 0 fully saturated rings. The molecule has 0 saturated carbocycles. The van der Waals surface area contributed by atoms with E-state index in [1.54, 1.807) is 19.9 Å². The fourth-order valence-corrected chi connectivity index (χ4v) is 1.30. The first-order valence-corrected chi connectivity index (χ1v) is 5.15. The highest BCUT2D eigenvalue weighted by atomic mass is 16.4. The van der Waals surface area contributed by atoms with E-state index in [0.29, 0.717) is 17.0 Å². The minimum Gasteiger partial charge on any atom is -0.480 e. The van der Waals surface area contributed by atoms with Crippen LogP contribution in [-0.2, 0) is 4.79 Å². The molecule has 0 bridgehead atoms. The third kappa shape index (κ3) is 2.77. The number of carboxylic acids is 1. The zero-order chi connectivity index (χ0) is 13.2. The Morgan fingerprint density at radius 3 is 2.47 bits per heavy atom. The second-order valence-corrected chi connectivity index (χ2v) is 3.92. The molecular weight excluding hydrogens is 222 g/mol. The number of hydrogen-bond acceptors (Lipinski definition) is 4. The van der Waals surface area contributed by atoms with Crippen molar-refractivity contribution in [2.24, 2.45) is 0 Å². The summed E-state index contributed by atoms with van der Waals surface area (Å²) >= 11 is 0. The quantitative estimate of drug-likeness (QED) is 0.834. The van der Waals surface area contributed by atoms with Crippen molar-refractivity contribution in [3.8, 4) is 0 Å². The number of amides is 1. The van der Waals surface area contributed by atoms with E-state index in [1.807, 2.05) is 0 Å². The normalized spacial score (nSPS) is 12.0. The van der Waals surface area contributed by atoms with Crippen LogP contribution in [0.25, 0.3) is 0 Å². The Hall–Kier alpha value is -1.98. The van der Waals surface area contributed by atoms with Gasteiger partial charge in [0.25, 0.3) is 5.91 Å². The maximum absolute atomic E-state index is 12.1. The van der Waals surface area contributed by atoms with Gasteiger partial charge in [0.05, 0.1) is 17.0 Å². The summed E-state index contributed by atoms with van der Waals surface area (Å²) in [6.07, 6.45) is 0. The van der Waals surface area contributed by atoms with E-state index in [0.717, 1.165) is 0 Å². The number of hydrogen-bond donors (Lipinski definition) is 1. The smallest absolute Gasteiger partial charge is 0.326 e. The van der Waals surface area contributed by atoms with Gasteiger partial charge in [0.15, 0.2) is 0 Å². The monoisotopic (exact) mass is 237 g/mol. The molecule has 0 spiro atoms. The molecule has 0 saturated heterocycles. The number of carboxylic acid groups (broad SMARTS) is 1. The highest BCUT2D eigenvalue weighted by Crippen LogP contribution is 2.10. The lowest BCUT2D eigenvalue weighted by atomic mass is 10.1. The Bertz CT molecular complexity index is 459. The van der Waals surface area contributed by atoms with Crippen LogP contribution in [0.4, 0.5) is 0 Å². The van der Waals surface area contributed by atoms with Crippen LogP contribution in [-0.4, -0.2) is 45.2 Å². The molecule has 6 nitrogen and oxygen atoms in total. The van der Waals surface area contributed by atoms with Gasteiger partial charge in [-0.2, -0.15) is 10.2 Å². The fraction of sp³-hybridized carbons (Fsp3) is 0.455. The molecule has 1 unspecified atom stereocenters. The summed E-state index contributed by atoms with van der Waals surface area (Å²) in [6, 6.07) is 0.728. The molecule has 1 aromatic rings. The van der Waals surface area contributed by atoms with E-state index in [-0.39, 0.29) is 5.91 Å². The molecule has 0 aliphatic carbocycles. The average molecular weight is 237 g/mol. The molecule has 1 heterocycles. The van der Waals surface area contributed by atoms with Crippen LogP contribution >= 0.6 is 0 Å². The summed E-state index contributed by atoms with van der Waals surface area (Å²) in [5.41, 5.74) is 1.49. The zero-order valence-corrected chi connectivity index (χ0v) is 10.3. The van der Waals surface area contributed by atoms with Crippen molar-refractivity contribution in [3.63, 3.8) is 0 Å². The van der Waals surface area contributed by atoms with Gasteiger partial charge in [-0.3, -0.25) is 4.79 Å². The molecule has 92 valence electrons. The van der Waals surface area contributed by atoms with Crippen LogP contribution in [0.15, 0.2) is 6.07 Å². The molecular formula is C11H15N3O3. The van der Waals surface area contributed by atoms with Crippen LogP contribution < -0.4 is 0 Å². The van der Waals surface area contributed by atoms with Crippen molar-refractivity contribution in [2.45, 2.75) is 26.8 Å². The maximum atomic E-state index is 12.1. The topological polar surface area (TPSA) is 83.4 Å². The maximum Gasteiger partial charge on any atom is 0.326 e. The van der Waals surface area contributed by atoms with E-state index < -0.39 is 12.0 Å². The second kappa shape index (κ2) is 4.90. The van der Waals surface area contributed by atoms with Gasteiger partial charge in [-0.25, -0.2) is 4.79 Å². The summed E-state index contributed by atoms with van der Waals surface area (Å²) in [5.74, 6) is -1.41. The average Bonchev–Trinajstić information content (AvgIpc) is 2.29. The number of nitrogens with zero attached hydrogens (tertiary/aromatic N) is 3. The molecule has 1 atom stereocenters. The van der Waals surface area contributed by atoms with Crippen LogP contribution in [0.5, 0.6) is 0 Å². The van der Waals surface area contributed by atoms with Crippen LogP contribution in [0.3, 0.4) is 0 Å².